The number of hydrogen-bond donors (Lipinski definition) is 1. The maximum absolute atomic E-state index is 13.5. The molecule has 0 unspecified atom stereocenters. The molecule has 2 fully saturated rings. The van der Waals surface area contributed by atoms with Crippen LogP contribution in [0.4, 0.5) is 0 Å². The van der Waals surface area contributed by atoms with Crippen LogP contribution in [0.1, 0.15) is 30.5 Å². The van der Waals surface area contributed by atoms with Gasteiger partial charge in [0.15, 0.2) is 12.1 Å². The van der Waals surface area contributed by atoms with Crippen molar-refractivity contribution in [3.8, 4) is 0 Å². The number of benzene rings is 3. The number of hydrogen-bond acceptors (Lipinski definition) is 8. The fourth-order valence-corrected chi connectivity index (χ4v) is 8.44. The third-order valence-corrected chi connectivity index (χ3v) is 10.6. The lowest BCUT2D eigenvalue weighted by Gasteiger charge is -2.31. The first kappa shape index (κ1) is 29.6. The number of fused-ring (bicyclic) bond motifs is 1. The van der Waals surface area contributed by atoms with E-state index < -0.39 is 46.5 Å². The minimum absolute atomic E-state index is 0.207. The fraction of sp³-hybridized carbons (Fsp3) is 0.400. The lowest BCUT2D eigenvalue weighted by molar-refractivity contribution is -0.221. The Bertz CT molecular complexity index is 1340. The molecule has 5 rings (SSSR count). The monoisotopic (exact) mass is 601 g/mol. The van der Waals surface area contributed by atoms with Crippen LogP contribution < -0.4 is 4.72 Å². The van der Waals surface area contributed by atoms with Gasteiger partial charge in [-0.25, -0.2) is 13.1 Å². The molecular weight excluding hydrogens is 567 g/mol. The second-order valence-electron chi connectivity index (χ2n) is 10.4. The number of sulfonamides is 1. The van der Waals surface area contributed by atoms with Crippen LogP contribution in [0.25, 0.3) is 0 Å². The van der Waals surface area contributed by atoms with Gasteiger partial charge >= 0.3 is 0 Å². The van der Waals surface area contributed by atoms with E-state index in [1.807, 2.05) is 69.3 Å². The van der Waals surface area contributed by atoms with Crippen LogP contribution in [-0.2, 0) is 41.3 Å². The Kier molecular flexibility index (Phi) is 9.59. The quantitative estimate of drug-likeness (QED) is 0.210. The lowest BCUT2D eigenvalue weighted by Crippen LogP contribution is -2.51. The Morgan fingerprint density at radius 2 is 1.55 bits per heavy atom. The van der Waals surface area contributed by atoms with Crippen molar-refractivity contribution in [3.05, 3.63) is 102 Å². The van der Waals surface area contributed by atoms with Crippen molar-refractivity contribution < 1.29 is 27.4 Å². The summed E-state index contributed by atoms with van der Waals surface area (Å²) in [5.41, 5.74) is 3.20. The van der Waals surface area contributed by atoms with Gasteiger partial charge in [-0.15, -0.1) is 0 Å². The standard InChI is InChI=1S/C30H35NO6S3/c1-21-14-16-24(17-15-21)40(32,33)31-25(20-39-38-19-23-12-8-5-9-13-23)26-27(34-18-22-10-6-4-7-11-22)28-29(35-26)37-30(2,3)36-28/h4-17,25-29,31H,18-20H2,1-3H3/t25-,26+,27-,28+,29+/m0/s1. The third kappa shape index (κ3) is 7.49. The summed E-state index contributed by atoms with van der Waals surface area (Å²) in [7, 11) is -0.559. The van der Waals surface area contributed by atoms with E-state index in [0.717, 1.165) is 16.9 Å². The Labute approximate surface area is 244 Å². The molecule has 2 aliphatic rings. The Balaban J connectivity index is 1.36. The van der Waals surface area contributed by atoms with Gasteiger partial charge in [-0.3, -0.25) is 0 Å². The van der Waals surface area contributed by atoms with Crippen LogP contribution in [0.3, 0.4) is 0 Å². The first-order valence-electron chi connectivity index (χ1n) is 13.2. The van der Waals surface area contributed by atoms with Gasteiger partial charge < -0.3 is 18.9 Å². The second kappa shape index (κ2) is 13.0. The van der Waals surface area contributed by atoms with Gasteiger partial charge in [0.1, 0.15) is 18.3 Å². The molecule has 1 N–H and O–H groups in total. The molecule has 5 atom stereocenters. The largest absolute Gasteiger partial charge is 0.368 e. The molecule has 0 spiro atoms. The predicted octanol–water partition coefficient (Wildman–Crippen LogP) is 5.69. The summed E-state index contributed by atoms with van der Waals surface area (Å²) in [6.45, 7) is 5.94. The van der Waals surface area contributed by atoms with E-state index in [4.69, 9.17) is 18.9 Å². The van der Waals surface area contributed by atoms with Crippen molar-refractivity contribution in [3.63, 3.8) is 0 Å². The van der Waals surface area contributed by atoms with Crippen molar-refractivity contribution in [1.29, 1.82) is 0 Å². The highest BCUT2D eigenvalue weighted by Crippen LogP contribution is 2.41. The minimum atomic E-state index is -3.83. The molecule has 0 amide bonds. The number of aryl methyl sites for hydroxylation is 1. The summed E-state index contributed by atoms with van der Waals surface area (Å²) in [6.07, 6.45) is -2.32. The molecule has 214 valence electrons. The van der Waals surface area contributed by atoms with E-state index in [0.29, 0.717) is 12.4 Å². The third-order valence-electron chi connectivity index (χ3n) is 6.75. The molecule has 3 aromatic carbocycles. The minimum Gasteiger partial charge on any atom is -0.368 e. The van der Waals surface area contributed by atoms with Crippen molar-refractivity contribution in [2.45, 2.75) is 74.5 Å². The normalized spacial score (nSPS) is 24.6. The van der Waals surface area contributed by atoms with Gasteiger partial charge in [0.25, 0.3) is 0 Å². The zero-order valence-corrected chi connectivity index (χ0v) is 25.2. The van der Waals surface area contributed by atoms with Gasteiger partial charge in [0.2, 0.25) is 10.0 Å². The summed E-state index contributed by atoms with van der Waals surface area (Å²) in [4.78, 5) is 0.207. The van der Waals surface area contributed by atoms with Gasteiger partial charge in [-0.05, 0) is 44.0 Å². The van der Waals surface area contributed by atoms with Crippen LogP contribution >= 0.6 is 21.6 Å². The first-order chi connectivity index (χ1) is 19.2. The van der Waals surface area contributed by atoms with Crippen LogP contribution in [0, 0.1) is 6.92 Å². The predicted molar refractivity (Wildman–Crippen MR) is 159 cm³/mol. The van der Waals surface area contributed by atoms with E-state index in [2.05, 4.69) is 16.9 Å². The van der Waals surface area contributed by atoms with E-state index in [9.17, 15) is 8.42 Å². The van der Waals surface area contributed by atoms with E-state index >= 15 is 0 Å². The topological polar surface area (TPSA) is 83.1 Å². The van der Waals surface area contributed by atoms with Crippen LogP contribution in [0.2, 0.25) is 0 Å². The van der Waals surface area contributed by atoms with Gasteiger partial charge in [-0.2, -0.15) is 0 Å². The Morgan fingerprint density at radius 3 is 2.23 bits per heavy atom. The number of nitrogens with one attached hydrogen (secondary N) is 1. The van der Waals surface area contributed by atoms with Crippen LogP contribution in [-0.4, -0.2) is 50.6 Å². The highest BCUT2D eigenvalue weighted by Gasteiger charge is 2.57. The molecule has 2 aliphatic heterocycles. The van der Waals surface area contributed by atoms with Crippen molar-refractivity contribution in [1.82, 2.24) is 4.72 Å². The molecule has 0 aliphatic carbocycles. The van der Waals surface area contributed by atoms with E-state index in [-0.39, 0.29) is 4.90 Å². The molecule has 0 aromatic heterocycles. The Hall–Kier alpha value is -1.89. The van der Waals surface area contributed by atoms with E-state index in [1.165, 1.54) is 5.56 Å². The first-order valence-corrected chi connectivity index (χ1v) is 17.2. The molecule has 2 heterocycles. The van der Waals surface area contributed by atoms with Gasteiger partial charge in [0.05, 0.1) is 17.5 Å². The van der Waals surface area contributed by atoms with Gasteiger partial charge in [0, 0.05) is 11.5 Å². The van der Waals surface area contributed by atoms with Crippen molar-refractivity contribution in [2.24, 2.45) is 0 Å². The maximum atomic E-state index is 13.5. The van der Waals surface area contributed by atoms with Gasteiger partial charge in [-0.1, -0.05) is 99.9 Å². The zero-order chi connectivity index (χ0) is 28.2. The fourth-order valence-electron chi connectivity index (χ4n) is 4.77. The summed E-state index contributed by atoms with van der Waals surface area (Å²) >= 11 is 0. The molecule has 3 aromatic rings. The number of rotatable bonds is 12. The van der Waals surface area contributed by atoms with Crippen LogP contribution in [0.15, 0.2) is 89.8 Å². The molecule has 40 heavy (non-hydrogen) atoms. The maximum Gasteiger partial charge on any atom is 0.240 e. The molecule has 0 saturated carbocycles. The molecule has 10 heteroatoms. The zero-order valence-electron chi connectivity index (χ0n) is 22.8. The highest BCUT2D eigenvalue weighted by atomic mass is 33.1. The summed E-state index contributed by atoms with van der Waals surface area (Å²) in [5.74, 6) is 0.432. The average molecular weight is 602 g/mol. The highest BCUT2D eigenvalue weighted by molar-refractivity contribution is 8.76. The van der Waals surface area contributed by atoms with Crippen LogP contribution in [0.5, 0.6) is 0 Å². The van der Waals surface area contributed by atoms with E-state index in [1.54, 1.807) is 45.9 Å². The summed E-state index contributed by atoms with van der Waals surface area (Å²) in [6, 6.07) is 26.3. The Morgan fingerprint density at radius 1 is 0.900 bits per heavy atom. The summed E-state index contributed by atoms with van der Waals surface area (Å²) in [5, 5.41) is 0. The SMILES string of the molecule is Cc1ccc(S(=O)(=O)N[C@@H](CSSCc2ccccc2)[C@H]2O[C@@H]3OC(C)(C)O[C@@H]3[C@H]2OCc2ccccc2)cc1. The molecule has 0 radical (unpaired) electrons. The number of ether oxygens (including phenoxy) is 4. The molecule has 0 bridgehead atoms. The van der Waals surface area contributed by atoms with Crippen molar-refractivity contribution in [2.75, 3.05) is 5.75 Å². The molecule has 2 saturated heterocycles. The average Bonchev–Trinajstić information content (AvgIpc) is 3.42. The lowest BCUT2D eigenvalue weighted by atomic mass is 10.1. The molecular formula is C30H35NO6S3. The summed E-state index contributed by atoms with van der Waals surface area (Å²) < 4.78 is 55.0. The smallest absolute Gasteiger partial charge is 0.240 e. The second-order valence-corrected chi connectivity index (χ2v) is 14.6. The van der Waals surface area contributed by atoms with Crippen molar-refractivity contribution >= 4 is 31.6 Å². The molecule has 7 nitrogen and oxygen atoms in total.